The monoisotopic (exact) mass is 365 g/mol. The van der Waals surface area contributed by atoms with Crippen molar-refractivity contribution in [2.24, 2.45) is 11.8 Å². The molecule has 2 amide bonds. The van der Waals surface area contributed by atoms with Gasteiger partial charge < -0.3 is 15.5 Å². The first kappa shape index (κ1) is 17.5. The van der Waals surface area contributed by atoms with Gasteiger partial charge in [0, 0.05) is 42.8 Å². The van der Waals surface area contributed by atoms with Gasteiger partial charge in [-0.15, -0.1) is 0 Å². The van der Waals surface area contributed by atoms with Crippen molar-refractivity contribution in [1.29, 1.82) is 0 Å². The van der Waals surface area contributed by atoms with Gasteiger partial charge in [-0.25, -0.2) is 9.97 Å². The van der Waals surface area contributed by atoms with E-state index in [0.29, 0.717) is 23.9 Å². The molecule has 1 saturated carbocycles. The molecule has 1 unspecified atom stereocenters. The summed E-state index contributed by atoms with van der Waals surface area (Å²) >= 11 is 0. The van der Waals surface area contributed by atoms with E-state index in [4.69, 9.17) is 0 Å². The zero-order valence-corrected chi connectivity index (χ0v) is 15.1. The first-order chi connectivity index (χ1) is 13.2. The second kappa shape index (κ2) is 7.73. The van der Waals surface area contributed by atoms with Crippen molar-refractivity contribution in [1.82, 2.24) is 9.97 Å². The normalized spacial score (nSPS) is 19.4. The number of anilines is 3. The fraction of sp³-hybridized carbons (Fsp3) is 0.400. The predicted molar refractivity (Wildman–Crippen MR) is 103 cm³/mol. The fourth-order valence-electron chi connectivity index (χ4n) is 3.34. The molecule has 2 aromatic rings. The van der Waals surface area contributed by atoms with Gasteiger partial charge in [-0.2, -0.15) is 0 Å². The van der Waals surface area contributed by atoms with Crippen LogP contribution in [0.1, 0.15) is 25.7 Å². The van der Waals surface area contributed by atoms with Crippen LogP contribution in [0.4, 0.5) is 17.3 Å². The van der Waals surface area contributed by atoms with Crippen molar-refractivity contribution in [3.8, 4) is 0 Å². The number of amides is 2. The highest BCUT2D eigenvalue weighted by atomic mass is 16.2. The Hall–Kier alpha value is -2.96. The Morgan fingerprint density at radius 3 is 2.26 bits per heavy atom. The molecule has 0 radical (unpaired) electrons. The van der Waals surface area contributed by atoms with Crippen molar-refractivity contribution in [3.63, 3.8) is 0 Å². The summed E-state index contributed by atoms with van der Waals surface area (Å²) < 4.78 is 0. The molecule has 2 aliphatic rings. The molecule has 2 fully saturated rings. The Kier molecular flexibility index (Phi) is 5.00. The van der Waals surface area contributed by atoms with E-state index in [2.05, 4.69) is 25.5 Å². The number of hydrogen-bond acceptors (Lipinski definition) is 5. The molecular formula is C20H23N5O2. The number of carbonyl (C=O) groups excluding carboxylic acids is 2. The minimum atomic E-state index is -0.118. The average Bonchev–Trinajstić information content (AvgIpc) is 3.54. The van der Waals surface area contributed by atoms with Crippen molar-refractivity contribution in [2.75, 3.05) is 28.6 Å². The summed E-state index contributed by atoms with van der Waals surface area (Å²) in [7, 11) is 0. The minimum absolute atomic E-state index is 0.0127. The van der Waals surface area contributed by atoms with Crippen LogP contribution in [0.25, 0.3) is 0 Å². The lowest BCUT2D eigenvalue weighted by molar-refractivity contribution is -0.120. The Morgan fingerprint density at radius 2 is 1.59 bits per heavy atom. The van der Waals surface area contributed by atoms with Crippen LogP contribution in [0.3, 0.4) is 0 Å². The van der Waals surface area contributed by atoms with Gasteiger partial charge in [0.25, 0.3) is 0 Å². The fourth-order valence-corrected chi connectivity index (χ4v) is 3.34. The number of carbonyl (C=O) groups is 2. The SMILES string of the molecule is O=C(Nc1cccc(NC(=O)C2CCCN(c3ncccn3)C2)c1)C1CC1. The Labute approximate surface area is 158 Å². The highest BCUT2D eigenvalue weighted by molar-refractivity contribution is 5.96. The van der Waals surface area contributed by atoms with E-state index in [1.54, 1.807) is 24.5 Å². The highest BCUT2D eigenvalue weighted by Gasteiger charge is 2.30. The van der Waals surface area contributed by atoms with Crippen LogP contribution >= 0.6 is 0 Å². The summed E-state index contributed by atoms with van der Waals surface area (Å²) in [6.45, 7) is 1.46. The highest BCUT2D eigenvalue weighted by Crippen LogP contribution is 2.30. The number of aromatic nitrogens is 2. The lowest BCUT2D eigenvalue weighted by atomic mass is 9.97. The third-order valence-corrected chi connectivity index (χ3v) is 4.97. The van der Waals surface area contributed by atoms with Gasteiger partial charge in [-0.3, -0.25) is 9.59 Å². The quantitative estimate of drug-likeness (QED) is 0.851. The van der Waals surface area contributed by atoms with Crippen LogP contribution in [-0.2, 0) is 9.59 Å². The van der Waals surface area contributed by atoms with Crippen molar-refractivity contribution >= 4 is 29.1 Å². The zero-order valence-electron chi connectivity index (χ0n) is 15.1. The van der Waals surface area contributed by atoms with Crippen LogP contribution in [0, 0.1) is 11.8 Å². The molecule has 1 aliphatic heterocycles. The molecule has 1 atom stereocenters. The average molecular weight is 365 g/mol. The van der Waals surface area contributed by atoms with Crippen molar-refractivity contribution in [2.45, 2.75) is 25.7 Å². The van der Waals surface area contributed by atoms with E-state index in [9.17, 15) is 9.59 Å². The maximum atomic E-state index is 12.7. The summed E-state index contributed by atoms with van der Waals surface area (Å²) in [5.74, 6) is 0.745. The molecular weight excluding hydrogens is 342 g/mol. The summed E-state index contributed by atoms with van der Waals surface area (Å²) in [5.41, 5.74) is 1.41. The molecule has 0 bridgehead atoms. The summed E-state index contributed by atoms with van der Waals surface area (Å²) in [6, 6.07) is 9.10. The first-order valence-corrected chi connectivity index (χ1v) is 9.43. The molecule has 4 rings (SSSR count). The molecule has 1 saturated heterocycles. The number of nitrogens with one attached hydrogen (secondary N) is 2. The topological polar surface area (TPSA) is 87.2 Å². The first-order valence-electron chi connectivity index (χ1n) is 9.43. The summed E-state index contributed by atoms with van der Waals surface area (Å²) in [6.07, 6.45) is 7.12. The van der Waals surface area contributed by atoms with E-state index < -0.39 is 0 Å². The minimum Gasteiger partial charge on any atom is -0.340 e. The molecule has 7 heteroatoms. The van der Waals surface area contributed by atoms with Crippen molar-refractivity contribution < 1.29 is 9.59 Å². The zero-order chi connectivity index (χ0) is 18.6. The molecule has 140 valence electrons. The Morgan fingerprint density at radius 1 is 0.926 bits per heavy atom. The second-order valence-corrected chi connectivity index (χ2v) is 7.17. The van der Waals surface area contributed by atoms with Gasteiger partial charge in [0.15, 0.2) is 0 Å². The van der Waals surface area contributed by atoms with E-state index in [1.807, 2.05) is 18.2 Å². The second-order valence-electron chi connectivity index (χ2n) is 7.17. The van der Waals surface area contributed by atoms with Crippen LogP contribution in [0.15, 0.2) is 42.7 Å². The third kappa shape index (κ3) is 4.42. The van der Waals surface area contributed by atoms with Crippen LogP contribution in [-0.4, -0.2) is 34.9 Å². The summed E-state index contributed by atoms with van der Waals surface area (Å²) in [4.78, 5) is 35.3. The largest absolute Gasteiger partial charge is 0.340 e. The molecule has 2 N–H and O–H groups in total. The van der Waals surface area contributed by atoms with E-state index in [1.165, 1.54) is 0 Å². The van der Waals surface area contributed by atoms with Gasteiger partial charge >= 0.3 is 0 Å². The van der Waals surface area contributed by atoms with Crippen LogP contribution < -0.4 is 15.5 Å². The Balaban J connectivity index is 1.37. The number of rotatable bonds is 5. The number of hydrogen-bond donors (Lipinski definition) is 2. The van der Waals surface area contributed by atoms with Gasteiger partial charge in [-0.05, 0) is 49.9 Å². The predicted octanol–water partition coefficient (Wildman–Crippen LogP) is 2.68. The molecule has 7 nitrogen and oxygen atoms in total. The molecule has 1 aromatic carbocycles. The number of benzene rings is 1. The van der Waals surface area contributed by atoms with Gasteiger partial charge in [0.05, 0.1) is 5.92 Å². The van der Waals surface area contributed by atoms with Gasteiger partial charge in [0.2, 0.25) is 17.8 Å². The maximum Gasteiger partial charge on any atom is 0.229 e. The molecule has 1 aliphatic carbocycles. The molecule has 0 spiro atoms. The molecule has 2 heterocycles. The van der Waals surface area contributed by atoms with Crippen molar-refractivity contribution in [3.05, 3.63) is 42.7 Å². The number of piperidine rings is 1. The standard InChI is InChI=1S/C20H23N5O2/c26-18(14-7-8-14)23-16-5-1-6-17(12-16)24-19(27)15-4-2-11-25(13-15)20-21-9-3-10-22-20/h1,3,5-6,9-10,12,14-15H,2,4,7-8,11,13H2,(H,23,26)(H,24,27). The van der Waals surface area contributed by atoms with Gasteiger partial charge in [0.1, 0.15) is 0 Å². The molecule has 1 aromatic heterocycles. The van der Waals surface area contributed by atoms with Crippen LogP contribution in [0.2, 0.25) is 0 Å². The van der Waals surface area contributed by atoms with E-state index in [0.717, 1.165) is 32.2 Å². The lowest BCUT2D eigenvalue weighted by Crippen LogP contribution is -2.41. The lowest BCUT2D eigenvalue weighted by Gasteiger charge is -2.31. The number of nitrogens with zero attached hydrogens (tertiary/aromatic N) is 3. The van der Waals surface area contributed by atoms with Crippen LogP contribution in [0.5, 0.6) is 0 Å². The summed E-state index contributed by atoms with van der Waals surface area (Å²) in [5, 5.41) is 5.90. The van der Waals surface area contributed by atoms with E-state index in [-0.39, 0.29) is 23.7 Å². The van der Waals surface area contributed by atoms with Gasteiger partial charge in [-0.1, -0.05) is 6.07 Å². The van der Waals surface area contributed by atoms with E-state index >= 15 is 0 Å². The maximum absolute atomic E-state index is 12.7. The Bertz CT molecular complexity index is 822. The third-order valence-electron chi connectivity index (χ3n) is 4.97. The smallest absolute Gasteiger partial charge is 0.229 e. The molecule has 27 heavy (non-hydrogen) atoms.